The van der Waals surface area contributed by atoms with Crippen LogP contribution in [0.4, 0.5) is 5.69 Å². The Morgan fingerprint density at radius 2 is 1.75 bits per heavy atom. The fourth-order valence-electron chi connectivity index (χ4n) is 2.81. The Labute approximate surface area is 189 Å². The van der Waals surface area contributed by atoms with Crippen molar-refractivity contribution in [1.82, 2.24) is 4.72 Å². The van der Waals surface area contributed by atoms with Gasteiger partial charge in [-0.25, -0.2) is 13.1 Å². The summed E-state index contributed by atoms with van der Waals surface area (Å²) in [6, 6.07) is 14.6. The van der Waals surface area contributed by atoms with E-state index in [0.29, 0.717) is 22.1 Å². The largest absolute Gasteiger partial charge is 0.497 e. The number of nitro groups is 1. The predicted molar refractivity (Wildman–Crippen MR) is 118 cm³/mol. The first-order chi connectivity index (χ1) is 15.2. The van der Waals surface area contributed by atoms with E-state index in [2.05, 4.69) is 4.72 Å². The van der Waals surface area contributed by atoms with Gasteiger partial charge in [-0.3, -0.25) is 10.1 Å². The van der Waals surface area contributed by atoms with E-state index in [4.69, 9.17) is 25.8 Å². The molecular formula is C21H19ClN2O7S. The van der Waals surface area contributed by atoms with Crippen LogP contribution in [0.2, 0.25) is 5.02 Å². The first-order valence-corrected chi connectivity index (χ1v) is 11.0. The summed E-state index contributed by atoms with van der Waals surface area (Å²) >= 11 is 5.95. The first-order valence-electron chi connectivity index (χ1n) is 9.16. The molecule has 11 heteroatoms. The third kappa shape index (κ3) is 5.47. The molecule has 0 aliphatic rings. The molecule has 168 valence electrons. The highest BCUT2D eigenvalue weighted by molar-refractivity contribution is 7.89. The van der Waals surface area contributed by atoms with Crippen LogP contribution < -0.4 is 18.9 Å². The Balaban J connectivity index is 1.95. The Morgan fingerprint density at radius 1 is 0.969 bits per heavy atom. The van der Waals surface area contributed by atoms with Gasteiger partial charge in [0.25, 0.3) is 5.69 Å². The number of ether oxygens (including phenoxy) is 3. The SMILES string of the molecule is COc1ccc(CNS(=O)(=O)c2cc([N+](=O)[O-])ccc2Oc2cccc(Cl)c2)c(OC)c1. The Hall–Kier alpha value is -3.34. The molecule has 0 bridgehead atoms. The summed E-state index contributed by atoms with van der Waals surface area (Å²) in [4.78, 5) is 10.1. The highest BCUT2D eigenvalue weighted by atomic mass is 35.5. The average Bonchev–Trinajstić information content (AvgIpc) is 2.77. The van der Waals surface area contributed by atoms with Gasteiger partial charge in [0.1, 0.15) is 27.9 Å². The molecule has 9 nitrogen and oxygen atoms in total. The van der Waals surface area contributed by atoms with Crippen molar-refractivity contribution in [3.8, 4) is 23.0 Å². The third-order valence-electron chi connectivity index (χ3n) is 4.40. The second-order valence-corrected chi connectivity index (χ2v) is 8.62. The van der Waals surface area contributed by atoms with Crippen LogP contribution in [0.5, 0.6) is 23.0 Å². The van der Waals surface area contributed by atoms with E-state index >= 15 is 0 Å². The summed E-state index contributed by atoms with van der Waals surface area (Å²) in [5.74, 6) is 1.15. The summed E-state index contributed by atoms with van der Waals surface area (Å²) in [7, 11) is -1.27. The van der Waals surface area contributed by atoms with Crippen LogP contribution in [-0.4, -0.2) is 27.6 Å². The monoisotopic (exact) mass is 478 g/mol. The van der Waals surface area contributed by atoms with E-state index in [0.717, 1.165) is 12.1 Å². The molecule has 0 heterocycles. The molecule has 0 fully saturated rings. The van der Waals surface area contributed by atoms with E-state index in [-0.39, 0.29) is 22.9 Å². The molecule has 0 saturated carbocycles. The fraction of sp³-hybridized carbons (Fsp3) is 0.143. The van der Waals surface area contributed by atoms with Crippen LogP contribution in [0.25, 0.3) is 0 Å². The van der Waals surface area contributed by atoms with Crippen LogP contribution in [0.1, 0.15) is 5.56 Å². The molecule has 0 aliphatic carbocycles. The Kier molecular flexibility index (Phi) is 7.18. The lowest BCUT2D eigenvalue weighted by molar-refractivity contribution is -0.385. The summed E-state index contributed by atoms with van der Waals surface area (Å²) in [5.41, 5.74) is 0.144. The fourth-order valence-corrected chi connectivity index (χ4v) is 4.14. The quantitative estimate of drug-likeness (QED) is 0.354. The van der Waals surface area contributed by atoms with Crippen molar-refractivity contribution in [2.45, 2.75) is 11.4 Å². The topological polar surface area (TPSA) is 117 Å². The van der Waals surface area contributed by atoms with Crippen molar-refractivity contribution in [2.24, 2.45) is 0 Å². The van der Waals surface area contributed by atoms with Gasteiger partial charge >= 0.3 is 0 Å². The van der Waals surface area contributed by atoms with Crippen LogP contribution in [0.15, 0.2) is 65.6 Å². The number of hydrogen-bond donors (Lipinski definition) is 1. The highest BCUT2D eigenvalue weighted by Gasteiger charge is 2.24. The van der Waals surface area contributed by atoms with E-state index < -0.39 is 20.6 Å². The number of rotatable bonds is 9. The molecule has 0 amide bonds. The zero-order chi connectivity index (χ0) is 23.3. The van der Waals surface area contributed by atoms with E-state index in [1.54, 1.807) is 36.4 Å². The number of non-ortho nitro benzene ring substituents is 1. The summed E-state index contributed by atoms with van der Waals surface area (Å²) in [6.45, 7) is -0.130. The molecule has 32 heavy (non-hydrogen) atoms. The van der Waals surface area contributed by atoms with Gasteiger partial charge in [-0.15, -0.1) is 0 Å². The zero-order valence-corrected chi connectivity index (χ0v) is 18.6. The number of sulfonamides is 1. The van der Waals surface area contributed by atoms with Crippen molar-refractivity contribution >= 4 is 27.3 Å². The van der Waals surface area contributed by atoms with Crippen molar-refractivity contribution in [3.63, 3.8) is 0 Å². The maximum absolute atomic E-state index is 13.1. The van der Waals surface area contributed by atoms with Crippen molar-refractivity contribution in [3.05, 3.63) is 81.4 Å². The lowest BCUT2D eigenvalue weighted by Crippen LogP contribution is -2.24. The molecule has 1 N–H and O–H groups in total. The van der Waals surface area contributed by atoms with Crippen molar-refractivity contribution in [2.75, 3.05) is 14.2 Å². The van der Waals surface area contributed by atoms with Crippen LogP contribution >= 0.6 is 11.6 Å². The standard InChI is InChI=1S/C21H19ClN2O7S/c1-29-17-8-6-14(20(12-17)30-2)13-23-32(27,28)21-11-16(24(25)26)7-9-19(21)31-18-5-3-4-15(22)10-18/h3-12,23H,13H2,1-2H3. The van der Waals surface area contributed by atoms with Gasteiger partial charge in [-0.05, 0) is 30.3 Å². The average molecular weight is 479 g/mol. The Morgan fingerprint density at radius 3 is 2.41 bits per heavy atom. The highest BCUT2D eigenvalue weighted by Crippen LogP contribution is 2.33. The molecule has 0 radical (unpaired) electrons. The Bertz CT molecular complexity index is 1250. The second-order valence-electron chi connectivity index (χ2n) is 6.45. The van der Waals surface area contributed by atoms with Crippen LogP contribution in [0, 0.1) is 10.1 Å². The van der Waals surface area contributed by atoms with Crippen molar-refractivity contribution < 1.29 is 27.6 Å². The number of methoxy groups -OCH3 is 2. The van der Waals surface area contributed by atoms with E-state index in [9.17, 15) is 18.5 Å². The minimum Gasteiger partial charge on any atom is -0.497 e. The van der Waals surface area contributed by atoms with Gasteiger partial charge in [0, 0.05) is 35.3 Å². The molecule has 0 aliphatic heterocycles. The minimum absolute atomic E-state index is 0.0907. The minimum atomic E-state index is -4.22. The molecule has 0 atom stereocenters. The molecule has 0 aromatic heterocycles. The first kappa shape index (κ1) is 23.3. The third-order valence-corrected chi connectivity index (χ3v) is 6.06. The van der Waals surface area contributed by atoms with Gasteiger partial charge in [-0.1, -0.05) is 23.7 Å². The smallest absolute Gasteiger partial charge is 0.271 e. The molecular weight excluding hydrogens is 460 g/mol. The summed E-state index contributed by atoms with van der Waals surface area (Å²) < 4.78 is 44.7. The zero-order valence-electron chi connectivity index (χ0n) is 17.1. The number of nitrogens with zero attached hydrogens (tertiary/aromatic N) is 1. The lowest BCUT2D eigenvalue weighted by Gasteiger charge is -2.14. The molecule has 3 aromatic carbocycles. The van der Waals surface area contributed by atoms with Crippen LogP contribution in [0.3, 0.4) is 0 Å². The molecule has 3 aromatic rings. The number of nitro benzene ring substituents is 1. The number of halogens is 1. The van der Waals surface area contributed by atoms with E-state index in [1.165, 1.54) is 26.4 Å². The van der Waals surface area contributed by atoms with E-state index in [1.807, 2.05) is 0 Å². The molecule has 0 saturated heterocycles. The normalized spacial score (nSPS) is 11.1. The summed E-state index contributed by atoms with van der Waals surface area (Å²) in [6.07, 6.45) is 0. The van der Waals surface area contributed by atoms with Crippen LogP contribution in [-0.2, 0) is 16.6 Å². The molecule has 0 spiro atoms. The maximum atomic E-state index is 13.1. The number of benzene rings is 3. The van der Waals surface area contributed by atoms with Gasteiger partial charge in [0.05, 0.1) is 19.1 Å². The van der Waals surface area contributed by atoms with Gasteiger partial charge in [0.2, 0.25) is 10.0 Å². The molecule has 3 rings (SSSR count). The van der Waals surface area contributed by atoms with Crippen molar-refractivity contribution in [1.29, 1.82) is 0 Å². The maximum Gasteiger partial charge on any atom is 0.271 e. The van der Waals surface area contributed by atoms with Gasteiger partial charge < -0.3 is 14.2 Å². The molecule has 0 unspecified atom stereocenters. The second kappa shape index (κ2) is 9.86. The van der Waals surface area contributed by atoms with Gasteiger partial charge in [-0.2, -0.15) is 0 Å². The lowest BCUT2D eigenvalue weighted by atomic mass is 10.2. The summed E-state index contributed by atoms with van der Waals surface area (Å²) in [5, 5.41) is 11.6. The predicted octanol–water partition coefficient (Wildman–Crippen LogP) is 4.54. The van der Waals surface area contributed by atoms with Gasteiger partial charge in [0.15, 0.2) is 0 Å². The number of nitrogens with one attached hydrogen (secondary N) is 1. The number of hydrogen-bond acceptors (Lipinski definition) is 7.